The van der Waals surface area contributed by atoms with E-state index >= 15 is 0 Å². The van der Waals surface area contributed by atoms with Gasteiger partial charge in [0.05, 0.1) is 5.41 Å². The smallest absolute Gasteiger partial charge is 0.315 e. The van der Waals surface area contributed by atoms with E-state index < -0.39 is 11.4 Å². The summed E-state index contributed by atoms with van der Waals surface area (Å²) in [5.74, 6) is -0.839. The van der Waals surface area contributed by atoms with Crippen molar-refractivity contribution in [2.75, 3.05) is 6.54 Å². The highest BCUT2D eigenvalue weighted by Crippen LogP contribution is 2.32. The van der Waals surface area contributed by atoms with Gasteiger partial charge in [0.1, 0.15) is 0 Å². The second kappa shape index (κ2) is 6.95. The third-order valence-electron chi connectivity index (χ3n) is 5.01. The first-order chi connectivity index (χ1) is 9.43. The van der Waals surface area contributed by atoms with Crippen LogP contribution >= 0.6 is 0 Å². The maximum atomic E-state index is 12.0. The van der Waals surface area contributed by atoms with Crippen LogP contribution in [0.5, 0.6) is 0 Å². The van der Waals surface area contributed by atoms with Crippen molar-refractivity contribution in [3.63, 3.8) is 0 Å². The van der Waals surface area contributed by atoms with Gasteiger partial charge in [-0.1, -0.05) is 33.6 Å². The van der Waals surface area contributed by atoms with Crippen molar-refractivity contribution in [2.45, 2.75) is 71.3 Å². The molecule has 3 N–H and O–H groups in total. The third-order valence-corrected chi connectivity index (χ3v) is 5.01. The highest BCUT2D eigenvalue weighted by Gasteiger charge is 2.37. The van der Waals surface area contributed by atoms with E-state index in [9.17, 15) is 14.7 Å². The summed E-state index contributed by atoms with van der Waals surface area (Å²) in [6.07, 6.45) is 6.28. The number of aliphatic carboxylic acids is 1. The number of carboxylic acids is 1. The second-order valence-corrected chi connectivity index (χ2v) is 5.94. The Morgan fingerprint density at radius 1 is 1.15 bits per heavy atom. The topological polar surface area (TPSA) is 78.4 Å². The fourth-order valence-corrected chi connectivity index (χ4v) is 3.03. The largest absolute Gasteiger partial charge is 0.481 e. The van der Waals surface area contributed by atoms with E-state index in [0.29, 0.717) is 12.8 Å². The van der Waals surface area contributed by atoms with Crippen LogP contribution in [0.4, 0.5) is 4.79 Å². The van der Waals surface area contributed by atoms with E-state index in [1.807, 2.05) is 13.8 Å². The van der Waals surface area contributed by atoms with Gasteiger partial charge in [-0.3, -0.25) is 4.79 Å². The molecule has 1 fully saturated rings. The van der Waals surface area contributed by atoms with Gasteiger partial charge in [-0.15, -0.1) is 0 Å². The molecule has 1 aliphatic rings. The number of hydrogen-bond donors (Lipinski definition) is 3. The van der Waals surface area contributed by atoms with Gasteiger partial charge in [0.15, 0.2) is 0 Å². The quantitative estimate of drug-likeness (QED) is 0.672. The molecule has 0 saturated heterocycles. The van der Waals surface area contributed by atoms with E-state index in [0.717, 1.165) is 32.1 Å². The zero-order chi connectivity index (χ0) is 15.2. The van der Waals surface area contributed by atoms with Gasteiger partial charge in [0.2, 0.25) is 0 Å². The lowest BCUT2D eigenvalue weighted by Crippen LogP contribution is -2.53. The molecule has 1 rings (SSSR count). The van der Waals surface area contributed by atoms with E-state index in [1.165, 1.54) is 0 Å². The van der Waals surface area contributed by atoms with E-state index in [-0.39, 0.29) is 18.1 Å². The van der Waals surface area contributed by atoms with Crippen molar-refractivity contribution < 1.29 is 14.7 Å². The Morgan fingerprint density at radius 3 is 2.10 bits per heavy atom. The van der Waals surface area contributed by atoms with Gasteiger partial charge in [-0.25, -0.2) is 4.79 Å². The molecule has 1 aliphatic carbocycles. The normalized spacial score (nSPS) is 17.8. The Balaban J connectivity index is 2.56. The molecule has 2 amide bonds. The molecule has 0 unspecified atom stereocenters. The van der Waals surface area contributed by atoms with E-state index in [4.69, 9.17) is 0 Å². The maximum absolute atomic E-state index is 12.0. The molecule has 5 nitrogen and oxygen atoms in total. The van der Waals surface area contributed by atoms with Crippen molar-refractivity contribution in [3.05, 3.63) is 0 Å². The minimum absolute atomic E-state index is 0.0889. The molecule has 0 aromatic carbocycles. The van der Waals surface area contributed by atoms with Crippen molar-refractivity contribution in [2.24, 2.45) is 5.41 Å². The lowest BCUT2D eigenvalue weighted by Gasteiger charge is -2.31. The molecule has 0 heterocycles. The second-order valence-electron chi connectivity index (χ2n) is 5.94. The Labute approximate surface area is 121 Å². The molecular formula is C15H28N2O3. The van der Waals surface area contributed by atoms with Gasteiger partial charge >= 0.3 is 12.0 Å². The van der Waals surface area contributed by atoms with Crippen molar-refractivity contribution in [1.29, 1.82) is 0 Å². The summed E-state index contributed by atoms with van der Waals surface area (Å²) in [6, 6.07) is -0.235. The SMILES string of the molecule is CCC1(NC(=O)NCC(CC)(CC)C(=O)O)CCCC1. The lowest BCUT2D eigenvalue weighted by molar-refractivity contribution is -0.149. The molecule has 0 aromatic heterocycles. The first-order valence-electron chi connectivity index (χ1n) is 7.73. The number of amides is 2. The van der Waals surface area contributed by atoms with Crippen LogP contribution in [0.2, 0.25) is 0 Å². The van der Waals surface area contributed by atoms with Crippen LogP contribution in [0.25, 0.3) is 0 Å². The number of carbonyl (C=O) groups is 2. The zero-order valence-corrected chi connectivity index (χ0v) is 12.9. The van der Waals surface area contributed by atoms with Crippen LogP contribution < -0.4 is 10.6 Å². The standard InChI is InChI=1S/C15H28N2O3/c1-4-14(5-2,12(18)19)11-16-13(20)17-15(6-3)9-7-8-10-15/h4-11H2,1-3H3,(H,18,19)(H2,16,17,20). The fourth-order valence-electron chi connectivity index (χ4n) is 3.03. The van der Waals surface area contributed by atoms with Gasteiger partial charge in [0, 0.05) is 12.1 Å². The summed E-state index contributed by atoms with van der Waals surface area (Å²) < 4.78 is 0. The maximum Gasteiger partial charge on any atom is 0.315 e. The summed E-state index contributed by atoms with van der Waals surface area (Å²) in [5, 5.41) is 15.2. The Bertz CT molecular complexity index is 345. The summed E-state index contributed by atoms with van der Waals surface area (Å²) >= 11 is 0. The molecule has 0 aromatic rings. The summed E-state index contributed by atoms with van der Waals surface area (Å²) in [5.41, 5.74) is -0.944. The van der Waals surface area contributed by atoms with Crippen LogP contribution in [0, 0.1) is 5.41 Å². The number of nitrogens with one attached hydrogen (secondary N) is 2. The Kier molecular flexibility index (Phi) is 5.84. The van der Waals surface area contributed by atoms with Gasteiger partial charge in [-0.2, -0.15) is 0 Å². The van der Waals surface area contributed by atoms with Crippen molar-refractivity contribution in [3.8, 4) is 0 Å². The number of hydrogen-bond acceptors (Lipinski definition) is 2. The van der Waals surface area contributed by atoms with E-state index in [2.05, 4.69) is 17.6 Å². The van der Waals surface area contributed by atoms with Crippen LogP contribution in [0.3, 0.4) is 0 Å². The number of rotatable bonds is 7. The molecule has 5 heteroatoms. The minimum atomic E-state index is -0.855. The number of carboxylic acid groups (broad SMARTS) is 1. The van der Waals surface area contributed by atoms with Crippen LogP contribution in [0.1, 0.15) is 65.7 Å². The molecule has 0 atom stereocenters. The highest BCUT2D eigenvalue weighted by molar-refractivity contribution is 5.78. The van der Waals surface area contributed by atoms with E-state index in [1.54, 1.807) is 0 Å². The Morgan fingerprint density at radius 2 is 1.70 bits per heavy atom. The molecule has 0 bridgehead atoms. The fraction of sp³-hybridized carbons (Fsp3) is 0.867. The third kappa shape index (κ3) is 3.64. The summed E-state index contributed by atoms with van der Waals surface area (Å²) in [7, 11) is 0. The highest BCUT2D eigenvalue weighted by atomic mass is 16.4. The van der Waals surface area contributed by atoms with Crippen molar-refractivity contribution >= 4 is 12.0 Å². The molecule has 0 spiro atoms. The molecule has 0 radical (unpaired) electrons. The number of urea groups is 1. The van der Waals surface area contributed by atoms with Gasteiger partial charge in [0.25, 0.3) is 0 Å². The van der Waals surface area contributed by atoms with Crippen LogP contribution in [-0.4, -0.2) is 29.2 Å². The van der Waals surface area contributed by atoms with Crippen molar-refractivity contribution in [1.82, 2.24) is 10.6 Å². The summed E-state index contributed by atoms with van der Waals surface area (Å²) in [6.45, 7) is 5.97. The van der Waals surface area contributed by atoms with Crippen LogP contribution in [0.15, 0.2) is 0 Å². The zero-order valence-electron chi connectivity index (χ0n) is 12.9. The predicted octanol–water partition coefficient (Wildman–Crippen LogP) is 2.90. The van der Waals surface area contributed by atoms with Crippen LogP contribution in [-0.2, 0) is 4.79 Å². The molecule has 0 aliphatic heterocycles. The average molecular weight is 284 g/mol. The first kappa shape index (κ1) is 16.8. The van der Waals surface area contributed by atoms with Gasteiger partial charge < -0.3 is 15.7 Å². The Hall–Kier alpha value is -1.26. The average Bonchev–Trinajstić information content (AvgIpc) is 2.89. The first-order valence-corrected chi connectivity index (χ1v) is 7.73. The predicted molar refractivity (Wildman–Crippen MR) is 78.7 cm³/mol. The minimum Gasteiger partial charge on any atom is -0.481 e. The molecule has 116 valence electrons. The van der Waals surface area contributed by atoms with Gasteiger partial charge in [-0.05, 0) is 32.1 Å². The monoisotopic (exact) mass is 284 g/mol. The summed E-state index contributed by atoms with van der Waals surface area (Å²) in [4.78, 5) is 23.4. The molecule has 1 saturated carbocycles. The lowest BCUT2D eigenvalue weighted by atomic mass is 9.82. The molecule has 20 heavy (non-hydrogen) atoms. The number of carbonyl (C=O) groups excluding carboxylic acids is 1. The molecular weight excluding hydrogens is 256 g/mol.